The van der Waals surface area contributed by atoms with E-state index in [1.54, 1.807) is 11.3 Å². The van der Waals surface area contributed by atoms with E-state index >= 15 is 0 Å². The van der Waals surface area contributed by atoms with Crippen molar-refractivity contribution in [1.29, 1.82) is 0 Å². The molecule has 0 saturated heterocycles. The number of hydrogen-bond donors (Lipinski definition) is 0. The fourth-order valence-corrected chi connectivity index (χ4v) is 7.87. The van der Waals surface area contributed by atoms with Crippen molar-refractivity contribution in [1.82, 2.24) is 19.9 Å². The van der Waals surface area contributed by atoms with E-state index in [1.165, 1.54) is 20.2 Å². The highest BCUT2D eigenvalue weighted by Crippen LogP contribution is 2.41. The van der Waals surface area contributed by atoms with E-state index in [2.05, 4.69) is 84.9 Å². The Morgan fingerprint density at radius 1 is 0.417 bits per heavy atom. The zero-order valence-corrected chi connectivity index (χ0v) is 26.3. The van der Waals surface area contributed by atoms with Crippen LogP contribution in [-0.4, -0.2) is 19.9 Å². The lowest BCUT2D eigenvalue weighted by Gasteiger charge is -2.11. The second kappa shape index (κ2) is 10.7. The number of benzene rings is 6. The van der Waals surface area contributed by atoms with Gasteiger partial charge in [0.05, 0.1) is 15.9 Å². The molecular formula is C42H24N4OS. The summed E-state index contributed by atoms with van der Waals surface area (Å²) in [5.41, 5.74) is 7.42. The Morgan fingerprint density at radius 3 is 1.83 bits per heavy atom. The molecule has 0 fully saturated rings. The number of aromatic nitrogens is 4. The zero-order valence-electron chi connectivity index (χ0n) is 25.5. The van der Waals surface area contributed by atoms with E-state index in [-0.39, 0.29) is 0 Å². The van der Waals surface area contributed by atoms with E-state index in [4.69, 9.17) is 24.4 Å². The maximum absolute atomic E-state index is 6.20. The molecule has 0 radical (unpaired) electrons. The average molecular weight is 633 g/mol. The molecule has 0 atom stereocenters. The summed E-state index contributed by atoms with van der Waals surface area (Å²) in [5, 5.41) is 5.57. The summed E-state index contributed by atoms with van der Waals surface area (Å²) in [7, 11) is 0. The smallest absolute Gasteiger partial charge is 0.164 e. The second-order valence-electron chi connectivity index (χ2n) is 11.8. The molecule has 0 saturated carbocycles. The van der Waals surface area contributed by atoms with Gasteiger partial charge < -0.3 is 4.42 Å². The van der Waals surface area contributed by atoms with Crippen LogP contribution in [0, 0.1) is 0 Å². The molecule has 0 N–H and O–H groups in total. The lowest BCUT2D eigenvalue weighted by Crippen LogP contribution is -2.00. The molecule has 0 bridgehead atoms. The second-order valence-corrected chi connectivity index (χ2v) is 12.9. The molecule has 0 aliphatic rings. The third kappa shape index (κ3) is 4.24. The quantitative estimate of drug-likeness (QED) is 0.193. The summed E-state index contributed by atoms with van der Waals surface area (Å²) in [4.78, 5) is 20.4. The van der Waals surface area contributed by atoms with Gasteiger partial charge in [0.25, 0.3) is 0 Å². The minimum atomic E-state index is 0.600. The first-order valence-electron chi connectivity index (χ1n) is 15.8. The minimum absolute atomic E-state index is 0.600. The Hall–Kier alpha value is -6.24. The van der Waals surface area contributed by atoms with E-state index in [0.717, 1.165) is 60.8 Å². The van der Waals surface area contributed by atoms with Crippen LogP contribution in [0.5, 0.6) is 0 Å². The normalized spacial score (nSPS) is 11.8. The Morgan fingerprint density at radius 2 is 1.02 bits per heavy atom. The van der Waals surface area contributed by atoms with Gasteiger partial charge in [-0.15, -0.1) is 11.3 Å². The molecule has 4 heterocycles. The monoisotopic (exact) mass is 632 g/mol. The van der Waals surface area contributed by atoms with Gasteiger partial charge in [0, 0.05) is 53.9 Å². The molecule has 6 heteroatoms. The van der Waals surface area contributed by atoms with Crippen molar-refractivity contribution < 1.29 is 4.42 Å². The molecule has 0 aliphatic carbocycles. The van der Waals surface area contributed by atoms with Crippen molar-refractivity contribution in [3.8, 4) is 45.4 Å². The van der Waals surface area contributed by atoms with Crippen LogP contribution in [0.2, 0.25) is 0 Å². The van der Waals surface area contributed by atoms with Crippen LogP contribution >= 0.6 is 11.3 Å². The van der Waals surface area contributed by atoms with Gasteiger partial charge in [0.1, 0.15) is 11.2 Å². The largest absolute Gasteiger partial charge is 0.456 e. The van der Waals surface area contributed by atoms with Gasteiger partial charge in [-0.2, -0.15) is 0 Å². The highest BCUT2D eigenvalue weighted by molar-refractivity contribution is 7.26. The van der Waals surface area contributed by atoms with Crippen LogP contribution < -0.4 is 0 Å². The van der Waals surface area contributed by atoms with Crippen molar-refractivity contribution in [2.24, 2.45) is 0 Å². The number of pyridine rings is 1. The molecule has 48 heavy (non-hydrogen) atoms. The first kappa shape index (κ1) is 26.9. The summed E-state index contributed by atoms with van der Waals surface area (Å²) < 4.78 is 8.67. The fraction of sp³-hybridized carbons (Fsp3) is 0. The molecule has 0 unspecified atom stereocenters. The Bertz CT molecular complexity index is 2840. The molecular weight excluding hydrogens is 609 g/mol. The van der Waals surface area contributed by atoms with Gasteiger partial charge in [-0.25, -0.2) is 19.9 Å². The van der Waals surface area contributed by atoms with Gasteiger partial charge in [-0.05, 0) is 18.2 Å². The number of para-hydroxylation sites is 1. The number of nitrogens with zero attached hydrogens (tertiary/aromatic N) is 4. The van der Waals surface area contributed by atoms with Crippen LogP contribution in [-0.2, 0) is 0 Å². The van der Waals surface area contributed by atoms with Crippen LogP contribution in [0.4, 0.5) is 0 Å². The zero-order chi connectivity index (χ0) is 31.6. The average Bonchev–Trinajstić information content (AvgIpc) is 3.73. The third-order valence-corrected chi connectivity index (χ3v) is 10.1. The van der Waals surface area contributed by atoms with Gasteiger partial charge in [-0.3, -0.25) is 0 Å². The highest BCUT2D eigenvalue weighted by Gasteiger charge is 2.19. The van der Waals surface area contributed by atoms with Crippen molar-refractivity contribution in [2.45, 2.75) is 0 Å². The molecule has 4 aromatic heterocycles. The summed E-state index contributed by atoms with van der Waals surface area (Å²) in [6, 6.07) is 49.7. The van der Waals surface area contributed by atoms with E-state index < -0.39 is 0 Å². The van der Waals surface area contributed by atoms with Gasteiger partial charge >= 0.3 is 0 Å². The third-order valence-electron chi connectivity index (χ3n) is 8.95. The number of fused-ring (bicyclic) bond motifs is 8. The van der Waals surface area contributed by atoms with Crippen LogP contribution in [0.3, 0.4) is 0 Å². The predicted molar refractivity (Wildman–Crippen MR) is 197 cm³/mol. The first-order chi connectivity index (χ1) is 23.8. The summed E-state index contributed by atoms with van der Waals surface area (Å²) in [6.07, 6.45) is 0. The molecule has 0 aliphatic heterocycles. The topological polar surface area (TPSA) is 64.7 Å². The van der Waals surface area contributed by atoms with Crippen LogP contribution in [0.25, 0.3) is 98.4 Å². The highest BCUT2D eigenvalue weighted by atomic mass is 32.1. The van der Waals surface area contributed by atoms with Crippen LogP contribution in [0.1, 0.15) is 0 Å². The lowest BCUT2D eigenvalue weighted by atomic mass is 10.0. The maximum Gasteiger partial charge on any atom is 0.164 e. The Balaban J connectivity index is 1.15. The molecule has 0 amide bonds. The van der Waals surface area contributed by atoms with Gasteiger partial charge in [0.2, 0.25) is 0 Å². The fourth-order valence-electron chi connectivity index (χ4n) is 6.69. The van der Waals surface area contributed by atoms with E-state index in [0.29, 0.717) is 17.5 Å². The van der Waals surface area contributed by atoms with Crippen molar-refractivity contribution in [3.05, 3.63) is 146 Å². The van der Waals surface area contributed by atoms with Gasteiger partial charge in [-0.1, -0.05) is 127 Å². The number of hydrogen-bond acceptors (Lipinski definition) is 6. The molecule has 0 spiro atoms. The summed E-state index contributed by atoms with van der Waals surface area (Å²) in [5.74, 6) is 1.82. The van der Waals surface area contributed by atoms with Crippen molar-refractivity contribution >= 4 is 64.4 Å². The van der Waals surface area contributed by atoms with Crippen LogP contribution in [0.15, 0.2) is 150 Å². The van der Waals surface area contributed by atoms with Gasteiger partial charge in [0.15, 0.2) is 17.5 Å². The molecule has 10 aromatic rings. The SMILES string of the molecule is c1ccc(-c2nc(-c3ccc(-c4nc5c6ccccc6sc5c5ccccc45)cc3)nc(-c3cccc4oc5ccccc5c34)n2)cc1. The summed E-state index contributed by atoms with van der Waals surface area (Å²) in [6.45, 7) is 0. The number of thiophene rings is 1. The van der Waals surface area contributed by atoms with Crippen molar-refractivity contribution in [3.63, 3.8) is 0 Å². The first-order valence-corrected chi connectivity index (χ1v) is 16.6. The number of furan rings is 1. The van der Waals surface area contributed by atoms with E-state index in [1.807, 2.05) is 60.7 Å². The minimum Gasteiger partial charge on any atom is -0.456 e. The van der Waals surface area contributed by atoms with E-state index in [9.17, 15) is 0 Å². The molecule has 10 rings (SSSR count). The lowest BCUT2D eigenvalue weighted by molar-refractivity contribution is 0.669. The maximum atomic E-state index is 6.20. The molecule has 5 nitrogen and oxygen atoms in total. The number of rotatable bonds is 4. The Kier molecular flexibility index (Phi) is 5.98. The standard InChI is InChI=1S/C42H24N4OS/c1-2-11-26(12-3-1)40-44-41(46-42(45-40)32-17-10-19-34-36(32)30-15-6-8-18-33(30)47-34)27-23-21-25(22-24-27)37-28-13-4-5-14-29(28)39-38(43-37)31-16-7-9-20-35(31)48-39/h1-24H. The van der Waals surface area contributed by atoms with Crippen molar-refractivity contribution in [2.75, 3.05) is 0 Å². The molecule has 6 aromatic carbocycles. The molecule has 224 valence electrons. The summed E-state index contributed by atoms with van der Waals surface area (Å²) >= 11 is 1.80. The Labute approximate surface area is 278 Å². The predicted octanol–water partition coefficient (Wildman–Crippen LogP) is 11.4.